The minimum Gasteiger partial charge on any atom is -0.478 e. The molecule has 6 heteroatoms. The molecule has 1 aromatic rings. The lowest BCUT2D eigenvalue weighted by atomic mass is 10.2. The van der Waals surface area contributed by atoms with Gasteiger partial charge in [0.05, 0.1) is 11.3 Å². The van der Waals surface area contributed by atoms with Crippen molar-refractivity contribution in [3.05, 3.63) is 29.3 Å². The van der Waals surface area contributed by atoms with Crippen LogP contribution in [-0.4, -0.2) is 29.6 Å². The number of benzene rings is 1. The SMILES string of the molecule is CSCCCNc1ccc(C(=O)O)c(F)c1F. The molecule has 0 amide bonds. The van der Waals surface area contributed by atoms with E-state index in [0.717, 1.165) is 18.2 Å². The summed E-state index contributed by atoms with van der Waals surface area (Å²) in [5.74, 6) is -3.03. The Labute approximate surface area is 102 Å². The molecule has 0 unspecified atom stereocenters. The first-order valence-corrected chi connectivity index (χ1v) is 6.41. The van der Waals surface area contributed by atoms with Gasteiger partial charge >= 0.3 is 5.97 Å². The molecule has 94 valence electrons. The van der Waals surface area contributed by atoms with E-state index >= 15 is 0 Å². The normalized spacial score (nSPS) is 10.3. The van der Waals surface area contributed by atoms with E-state index in [1.165, 1.54) is 6.07 Å². The molecule has 3 nitrogen and oxygen atoms in total. The standard InChI is InChI=1S/C11H13F2NO2S/c1-17-6-2-5-14-8-4-3-7(11(15)16)9(12)10(8)13/h3-4,14H,2,5-6H2,1H3,(H,15,16). The van der Waals surface area contributed by atoms with Crippen molar-refractivity contribution in [3.63, 3.8) is 0 Å². The Hall–Kier alpha value is -1.30. The summed E-state index contributed by atoms with van der Waals surface area (Å²) in [7, 11) is 0. The number of nitrogens with one attached hydrogen (secondary N) is 1. The number of carbonyl (C=O) groups is 1. The van der Waals surface area contributed by atoms with Gasteiger partial charge in [-0.25, -0.2) is 13.6 Å². The Kier molecular flexibility index (Phi) is 5.21. The van der Waals surface area contributed by atoms with E-state index in [1.807, 2.05) is 6.26 Å². The molecular weight excluding hydrogens is 248 g/mol. The third-order valence-electron chi connectivity index (χ3n) is 2.15. The topological polar surface area (TPSA) is 49.3 Å². The molecule has 0 saturated carbocycles. The zero-order valence-electron chi connectivity index (χ0n) is 9.30. The molecule has 0 aliphatic rings. The molecule has 0 spiro atoms. The number of aromatic carboxylic acids is 1. The highest BCUT2D eigenvalue weighted by Crippen LogP contribution is 2.20. The highest BCUT2D eigenvalue weighted by molar-refractivity contribution is 7.98. The number of rotatable bonds is 6. The second kappa shape index (κ2) is 6.44. The van der Waals surface area contributed by atoms with Crippen molar-refractivity contribution < 1.29 is 18.7 Å². The molecule has 0 aliphatic carbocycles. The zero-order chi connectivity index (χ0) is 12.8. The molecule has 0 heterocycles. The molecule has 0 aliphatic heterocycles. The number of hydrogen-bond donors (Lipinski definition) is 2. The fourth-order valence-corrected chi connectivity index (χ4v) is 1.72. The molecule has 1 aromatic carbocycles. The first-order valence-electron chi connectivity index (χ1n) is 5.02. The maximum atomic E-state index is 13.4. The van der Waals surface area contributed by atoms with Crippen LogP contribution in [0.5, 0.6) is 0 Å². The van der Waals surface area contributed by atoms with Gasteiger partial charge in [0.2, 0.25) is 0 Å². The highest BCUT2D eigenvalue weighted by atomic mass is 32.2. The molecule has 0 bridgehead atoms. The van der Waals surface area contributed by atoms with Crippen molar-refractivity contribution >= 4 is 23.4 Å². The Morgan fingerprint density at radius 2 is 2.12 bits per heavy atom. The molecule has 0 atom stereocenters. The number of thioether (sulfide) groups is 1. The Morgan fingerprint density at radius 1 is 1.41 bits per heavy atom. The first-order chi connectivity index (χ1) is 8.07. The third-order valence-corrected chi connectivity index (χ3v) is 2.85. The van der Waals surface area contributed by atoms with Gasteiger partial charge in [-0.1, -0.05) is 0 Å². The second-order valence-corrected chi connectivity index (χ2v) is 4.35. The fraction of sp³-hybridized carbons (Fsp3) is 0.364. The van der Waals surface area contributed by atoms with Gasteiger partial charge in [-0.05, 0) is 30.6 Å². The predicted octanol–water partition coefficient (Wildman–Crippen LogP) is 2.83. The number of carboxylic acid groups (broad SMARTS) is 1. The maximum Gasteiger partial charge on any atom is 0.338 e. The average molecular weight is 261 g/mol. The van der Waals surface area contributed by atoms with Gasteiger partial charge in [-0.3, -0.25) is 0 Å². The second-order valence-electron chi connectivity index (χ2n) is 3.37. The summed E-state index contributed by atoms with van der Waals surface area (Å²) >= 11 is 1.66. The van der Waals surface area contributed by atoms with Crippen LogP contribution in [0.4, 0.5) is 14.5 Å². The Balaban J connectivity index is 2.75. The van der Waals surface area contributed by atoms with Gasteiger partial charge in [0.25, 0.3) is 0 Å². The smallest absolute Gasteiger partial charge is 0.338 e. The van der Waals surface area contributed by atoms with Crippen LogP contribution in [-0.2, 0) is 0 Å². The Bertz CT molecular complexity index is 413. The van der Waals surface area contributed by atoms with E-state index in [2.05, 4.69) is 5.32 Å². The molecule has 0 radical (unpaired) electrons. The summed E-state index contributed by atoms with van der Waals surface area (Å²) in [6.07, 6.45) is 2.78. The van der Waals surface area contributed by atoms with Crippen LogP contribution >= 0.6 is 11.8 Å². The third kappa shape index (κ3) is 3.59. The van der Waals surface area contributed by atoms with Gasteiger partial charge in [-0.15, -0.1) is 0 Å². The molecule has 1 rings (SSSR count). The van der Waals surface area contributed by atoms with E-state index in [9.17, 15) is 13.6 Å². The van der Waals surface area contributed by atoms with Crippen molar-refractivity contribution in [1.29, 1.82) is 0 Å². The van der Waals surface area contributed by atoms with Crippen LogP contribution in [0.1, 0.15) is 16.8 Å². The minimum absolute atomic E-state index is 0.00592. The van der Waals surface area contributed by atoms with Crippen LogP contribution < -0.4 is 5.32 Å². The number of hydrogen-bond acceptors (Lipinski definition) is 3. The van der Waals surface area contributed by atoms with Crippen LogP contribution in [0, 0.1) is 11.6 Å². The largest absolute Gasteiger partial charge is 0.478 e. The highest BCUT2D eigenvalue weighted by Gasteiger charge is 2.17. The molecule has 0 saturated heterocycles. The lowest BCUT2D eigenvalue weighted by Gasteiger charge is -2.08. The van der Waals surface area contributed by atoms with Crippen LogP contribution in [0.2, 0.25) is 0 Å². The summed E-state index contributed by atoms with van der Waals surface area (Å²) in [5.41, 5.74) is -0.661. The van der Waals surface area contributed by atoms with Gasteiger partial charge in [0.1, 0.15) is 0 Å². The number of carboxylic acids is 1. The number of halogens is 2. The van der Waals surface area contributed by atoms with Crippen molar-refractivity contribution in [2.45, 2.75) is 6.42 Å². The summed E-state index contributed by atoms with van der Waals surface area (Å²) in [5, 5.41) is 11.3. The van der Waals surface area contributed by atoms with Gasteiger partial charge in [-0.2, -0.15) is 11.8 Å². The monoisotopic (exact) mass is 261 g/mol. The molecule has 0 aromatic heterocycles. The average Bonchev–Trinajstić information content (AvgIpc) is 2.29. The Morgan fingerprint density at radius 3 is 2.71 bits per heavy atom. The van der Waals surface area contributed by atoms with Gasteiger partial charge in [0.15, 0.2) is 11.6 Å². The summed E-state index contributed by atoms with van der Waals surface area (Å²) in [4.78, 5) is 10.6. The van der Waals surface area contributed by atoms with Gasteiger partial charge < -0.3 is 10.4 Å². The van der Waals surface area contributed by atoms with Crippen molar-refractivity contribution in [2.24, 2.45) is 0 Å². The van der Waals surface area contributed by atoms with Crippen molar-refractivity contribution in [3.8, 4) is 0 Å². The van der Waals surface area contributed by atoms with Crippen molar-refractivity contribution in [2.75, 3.05) is 23.9 Å². The maximum absolute atomic E-state index is 13.4. The minimum atomic E-state index is -1.48. The zero-order valence-corrected chi connectivity index (χ0v) is 10.1. The summed E-state index contributed by atoms with van der Waals surface area (Å²) < 4.78 is 26.7. The summed E-state index contributed by atoms with van der Waals surface area (Å²) in [6.45, 7) is 0.517. The van der Waals surface area contributed by atoms with Crippen molar-refractivity contribution in [1.82, 2.24) is 0 Å². The van der Waals surface area contributed by atoms with E-state index in [4.69, 9.17) is 5.11 Å². The fourth-order valence-electron chi connectivity index (χ4n) is 1.29. The van der Waals surface area contributed by atoms with E-state index in [0.29, 0.717) is 6.54 Å². The quantitative estimate of drug-likeness (QED) is 0.773. The van der Waals surface area contributed by atoms with Crippen LogP contribution in [0.15, 0.2) is 12.1 Å². The molecule has 0 fully saturated rings. The first kappa shape index (κ1) is 13.8. The lowest BCUT2D eigenvalue weighted by molar-refractivity contribution is 0.0690. The van der Waals surface area contributed by atoms with Crippen LogP contribution in [0.3, 0.4) is 0 Å². The molecule has 17 heavy (non-hydrogen) atoms. The van der Waals surface area contributed by atoms with E-state index in [-0.39, 0.29) is 5.69 Å². The number of anilines is 1. The van der Waals surface area contributed by atoms with E-state index in [1.54, 1.807) is 11.8 Å². The summed E-state index contributed by atoms with van der Waals surface area (Å²) in [6, 6.07) is 2.29. The van der Waals surface area contributed by atoms with E-state index < -0.39 is 23.2 Å². The van der Waals surface area contributed by atoms with Gasteiger partial charge in [0, 0.05) is 6.54 Å². The molecule has 2 N–H and O–H groups in total. The van der Waals surface area contributed by atoms with Crippen LogP contribution in [0.25, 0.3) is 0 Å². The predicted molar refractivity (Wildman–Crippen MR) is 64.8 cm³/mol. The lowest BCUT2D eigenvalue weighted by Crippen LogP contribution is -2.08. The molecular formula is C11H13F2NO2S.